The van der Waals surface area contributed by atoms with E-state index in [1.807, 2.05) is 24.3 Å². The first-order valence-electron chi connectivity index (χ1n) is 10.5. The van der Waals surface area contributed by atoms with Crippen molar-refractivity contribution >= 4 is 38.9 Å². The van der Waals surface area contributed by atoms with Crippen molar-refractivity contribution < 1.29 is 18.0 Å². The molecule has 31 heavy (non-hydrogen) atoms. The minimum Gasteiger partial charge on any atom is -0.372 e. The Morgan fingerprint density at radius 3 is 2.26 bits per heavy atom. The van der Waals surface area contributed by atoms with Gasteiger partial charge in [0.2, 0.25) is 15.9 Å². The summed E-state index contributed by atoms with van der Waals surface area (Å²) in [6.45, 7) is 5.31. The lowest BCUT2D eigenvalue weighted by Gasteiger charge is -2.28. The molecule has 164 valence electrons. The fourth-order valence-corrected chi connectivity index (χ4v) is 6.24. The van der Waals surface area contributed by atoms with E-state index in [0.29, 0.717) is 5.69 Å². The Kier molecular flexibility index (Phi) is 5.51. The maximum atomic E-state index is 12.8. The zero-order valence-corrected chi connectivity index (χ0v) is 18.6. The molecule has 0 atom stereocenters. The third kappa shape index (κ3) is 4.30. The van der Waals surface area contributed by atoms with E-state index in [1.165, 1.54) is 31.4 Å². The van der Waals surface area contributed by atoms with Crippen LogP contribution in [0.2, 0.25) is 0 Å². The van der Waals surface area contributed by atoms with Gasteiger partial charge in [0.15, 0.2) is 0 Å². The van der Waals surface area contributed by atoms with Crippen molar-refractivity contribution in [1.29, 1.82) is 0 Å². The third-order valence-electron chi connectivity index (χ3n) is 5.77. The fraction of sp³-hybridized carbons (Fsp3) is 0.391. The standard InChI is InChI=1S/C23H27N3O4S/c1-23(2)16-31(29,30)26(22(23)28)20-8-6-7-17(15-20)21(27)24-18-9-11-19(12-10-18)25-13-4-3-5-14-25/h6-12,15H,3-5,13-14,16H2,1-2H3,(H,24,27). The zero-order chi connectivity index (χ0) is 22.2. The molecule has 2 aromatic rings. The van der Waals surface area contributed by atoms with E-state index in [9.17, 15) is 18.0 Å². The Morgan fingerprint density at radius 1 is 0.968 bits per heavy atom. The van der Waals surface area contributed by atoms with E-state index in [2.05, 4.69) is 10.2 Å². The van der Waals surface area contributed by atoms with Crippen LogP contribution < -0.4 is 14.5 Å². The van der Waals surface area contributed by atoms with Crippen molar-refractivity contribution in [2.24, 2.45) is 5.41 Å². The summed E-state index contributed by atoms with van der Waals surface area (Å²) >= 11 is 0. The molecule has 2 saturated heterocycles. The summed E-state index contributed by atoms with van der Waals surface area (Å²) in [5.74, 6) is -1.10. The second-order valence-corrected chi connectivity index (χ2v) is 10.6. The van der Waals surface area contributed by atoms with Gasteiger partial charge in [-0.15, -0.1) is 0 Å². The Morgan fingerprint density at radius 2 is 1.65 bits per heavy atom. The van der Waals surface area contributed by atoms with Crippen molar-refractivity contribution in [2.45, 2.75) is 33.1 Å². The molecule has 8 heteroatoms. The number of amides is 2. The van der Waals surface area contributed by atoms with Crippen LogP contribution in [0.15, 0.2) is 48.5 Å². The molecule has 2 aliphatic heterocycles. The zero-order valence-electron chi connectivity index (χ0n) is 17.8. The maximum Gasteiger partial charge on any atom is 0.255 e. The van der Waals surface area contributed by atoms with Crippen LogP contribution in [0.1, 0.15) is 43.5 Å². The van der Waals surface area contributed by atoms with E-state index in [-0.39, 0.29) is 22.9 Å². The van der Waals surface area contributed by atoms with Crippen molar-refractivity contribution in [2.75, 3.05) is 33.4 Å². The molecule has 0 spiro atoms. The van der Waals surface area contributed by atoms with E-state index in [1.54, 1.807) is 26.0 Å². The fourth-order valence-electron chi connectivity index (χ4n) is 4.15. The van der Waals surface area contributed by atoms with Crippen molar-refractivity contribution in [3.63, 3.8) is 0 Å². The predicted octanol–water partition coefficient (Wildman–Crippen LogP) is 3.63. The summed E-state index contributed by atoms with van der Waals surface area (Å²) in [7, 11) is -3.77. The Balaban J connectivity index is 1.50. The average Bonchev–Trinajstić information content (AvgIpc) is 2.91. The van der Waals surface area contributed by atoms with Crippen molar-refractivity contribution in [3.8, 4) is 0 Å². The second-order valence-electron chi connectivity index (χ2n) is 8.81. The first-order chi connectivity index (χ1) is 14.7. The minimum atomic E-state index is -3.77. The number of rotatable bonds is 4. The summed E-state index contributed by atoms with van der Waals surface area (Å²) in [4.78, 5) is 27.7. The molecule has 0 aliphatic carbocycles. The molecular weight excluding hydrogens is 414 g/mol. The van der Waals surface area contributed by atoms with E-state index in [0.717, 1.165) is 23.1 Å². The first-order valence-corrected chi connectivity index (χ1v) is 12.1. The van der Waals surface area contributed by atoms with Gasteiger partial charge in [-0.05, 0) is 75.6 Å². The van der Waals surface area contributed by atoms with Crippen LogP contribution in [0.5, 0.6) is 0 Å². The number of sulfonamides is 1. The van der Waals surface area contributed by atoms with Crippen LogP contribution in [0, 0.1) is 5.41 Å². The van der Waals surface area contributed by atoms with Crippen LogP contribution in [0.25, 0.3) is 0 Å². The quantitative estimate of drug-likeness (QED) is 0.783. The first kappa shape index (κ1) is 21.4. The number of piperidine rings is 1. The van der Waals surface area contributed by atoms with Gasteiger partial charge in [0.05, 0.1) is 16.9 Å². The van der Waals surface area contributed by atoms with Crippen LogP contribution in [0.3, 0.4) is 0 Å². The van der Waals surface area contributed by atoms with Gasteiger partial charge in [-0.1, -0.05) is 6.07 Å². The van der Waals surface area contributed by atoms with Gasteiger partial charge >= 0.3 is 0 Å². The smallest absolute Gasteiger partial charge is 0.255 e. The number of hydrogen-bond acceptors (Lipinski definition) is 5. The highest BCUT2D eigenvalue weighted by molar-refractivity contribution is 7.94. The molecule has 0 bridgehead atoms. The number of nitrogens with zero attached hydrogens (tertiary/aromatic N) is 2. The molecule has 2 aromatic carbocycles. The largest absolute Gasteiger partial charge is 0.372 e. The van der Waals surface area contributed by atoms with E-state index >= 15 is 0 Å². The molecular formula is C23H27N3O4S. The van der Waals surface area contributed by atoms with Gasteiger partial charge < -0.3 is 10.2 Å². The molecule has 0 radical (unpaired) electrons. The number of benzene rings is 2. The molecule has 0 saturated carbocycles. The van der Waals surface area contributed by atoms with Crippen molar-refractivity contribution in [3.05, 3.63) is 54.1 Å². The summed E-state index contributed by atoms with van der Waals surface area (Å²) in [6.07, 6.45) is 3.66. The average molecular weight is 442 g/mol. The Bertz CT molecular complexity index is 1100. The lowest BCUT2D eigenvalue weighted by atomic mass is 9.95. The molecule has 2 heterocycles. The Hall–Kier alpha value is -2.87. The van der Waals surface area contributed by atoms with Gasteiger partial charge in [0.1, 0.15) is 0 Å². The van der Waals surface area contributed by atoms with Gasteiger partial charge in [0, 0.05) is 30.0 Å². The van der Waals surface area contributed by atoms with Crippen LogP contribution in [-0.2, 0) is 14.8 Å². The van der Waals surface area contributed by atoms with Gasteiger partial charge in [0.25, 0.3) is 5.91 Å². The maximum absolute atomic E-state index is 12.8. The van der Waals surface area contributed by atoms with E-state index in [4.69, 9.17) is 0 Å². The van der Waals surface area contributed by atoms with Gasteiger partial charge in [-0.3, -0.25) is 9.59 Å². The molecule has 1 N–H and O–H groups in total. The Labute approximate surface area is 183 Å². The monoisotopic (exact) mass is 441 g/mol. The molecule has 2 amide bonds. The number of hydrogen-bond donors (Lipinski definition) is 1. The normalized spacial score (nSPS) is 20.0. The summed E-state index contributed by atoms with van der Waals surface area (Å²) in [6, 6.07) is 13.9. The summed E-state index contributed by atoms with van der Waals surface area (Å²) in [5, 5.41) is 2.84. The second kappa shape index (κ2) is 8.00. The number of nitrogens with one attached hydrogen (secondary N) is 1. The molecule has 2 fully saturated rings. The van der Waals surface area contributed by atoms with Gasteiger partial charge in [-0.25, -0.2) is 12.7 Å². The SMILES string of the molecule is CC1(C)CS(=O)(=O)N(c2cccc(C(=O)Nc3ccc(N4CCCCC4)cc3)c2)C1=O. The lowest BCUT2D eigenvalue weighted by Crippen LogP contribution is -2.33. The van der Waals surface area contributed by atoms with Crippen LogP contribution >= 0.6 is 0 Å². The third-order valence-corrected chi connectivity index (χ3v) is 7.79. The predicted molar refractivity (Wildman–Crippen MR) is 122 cm³/mol. The van der Waals surface area contributed by atoms with Crippen LogP contribution in [-0.4, -0.2) is 39.1 Å². The summed E-state index contributed by atoms with van der Waals surface area (Å²) in [5.41, 5.74) is 1.27. The van der Waals surface area contributed by atoms with Gasteiger partial charge in [-0.2, -0.15) is 0 Å². The number of carbonyl (C=O) groups is 2. The minimum absolute atomic E-state index is 0.184. The molecule has 0 aromatic heterocycles. The van der Waals surface area contributed by atoms with Crippen LogP contribution in [0.4, 0.5) is 17.1 Å². The molecule has 7 nitrogen and oxygen atoms in total. The topological polar surface area (TPSA) is 86.8 Å². The highest BCUT2D eigenvalue weighted by Gasteiger charge is 2.49. The lowest BCUT2D eigenvalue weighted by molar-refractivity contribution is -0.123. The highest BCUT2D eigenvalue weighted by Crippen LogP contribution is 2.36. The number of anilines is 3. The highest BCUT2D eigenvalue weighted by atomic mass is 32.2. The van der Waals surface area contributed by atoms with Crippen molar-refractivity contribution in [1.82, 2.24) is 0 Å². The number of carbonyl (C=O) groups excluding carboxylic acids is 2. The molecule has 4 rings (SSSR count). The molecule has 0 unspecified atom stereocenters. The summed E-state index contributed by atoms with van der Waals surface area (Å²) < 4.78 is 25.9. The van der Waals surface area contributed by atoms with E-state index < -0.39 is 21.3 Å². The molecule has 2 aliphatic rings.